The normalized spacial score (nSPS) is 13.8. The van der Waals surface area contributed by atoms with Crippen molar-refractivity contribution in [3.63, 3.8) is 0 Å². The Morgan fingerprint density at radius 2 is 0.812 bits per heavy atom. The molecular weight excluding hydrogens is 384 g/mol. The van der Waals surface area contributed by atoms with Crippen LogP contribution in [-0.2, 0) is 0 Å². The Morgan fingerprint density at radius 3 is 1.28 bits per heavy atom. The molecule has 2 aliphatic rings. The van der Waals surface area contributed by atoms with Gasteiger partial charge in [0.1, 0.15) is 0 Å². The van der Waals surface area contributed by atoms with E-state index in [4.69, 9.17) is 0 Å². The summed E-state index contributed by atoms with van der Waals surface area (Å²) in [5.74, 6) is 0. The molecule has 0 bridgehead atoms. The van der Waals surface area contributed by atoms with Crippen LogP contribution in [0.3, 0.4) is 0 Å². The van der Waals surface area contributed by atoms with Gasteiger partial charge in [-0.2, -0.15) is 0 Å². The van der Waals surface area contributed by atoms with Gasteiger partial charge in [0.2, 0.25) is 0 Å². The number of hydrogen-bond donors (Lipinski definition) is 0. The van der Waals surface area contributed by atoms with Crippen molar-refractivity contribution in [3.05, 3.63) is 150 Å². The van der Waals surface area contributed by atoms with Crippen molar-refractivity contribution < 1.29 is 0 Å². The SMILES string of the molecule is C1=CC=CC(=C2c3cc(-c4ccccc4)ccc3-c3ccc(-c4ccccc4)cc32)C=C1. The van der Waals surface area contributed by atoms with Crippen molar-refractivity contribution in [2.75, 3.05) is 0 Å². The van der Waals surface area contributed by atoms with Crippen LogP contribution in [0.4, 0.5) is 0 Å². The van der Waals surface area contributed by atoms with Crippen molar-refractivity contribution in [1.29, 1.82) is 0 Å². The van der Waals surface area contributed by atoms with Crippen molar-refractivity contribution in [1.82, 2.24) is 0 Å². The maximum atomic E-state index is 2.36. The van der Waals surface area contributed by atoms with Gasteiger partial charge in [-0.05, 0) is 67.8 Å². The molecule has 0 aromatic heterocycles. The van der Waals surface area contributed by atoms with Gasteiger partial charge in [-0.25, -0.2) is 0 Å². The third-order valence-corrected chi connectivity index (χ3v) is 6.26. The van der Waals surface area contributed by atoms with Gasteiger partial charge in [-0.1, -0.05) is 121 Å². The predicted molar refractivity (Wildman–Crippen MR) is 136 cm³/mol. The highest BCUT2D eigenvalue weighted by molar-refractivity contribution is 6.05. The molecular formula is C32H22. The minimum absolute atomic E-state index is 1.24. The maximum Gasteiger partial charge on any atom is -0.00259 e. The molecule has 0 nitrogen and oxygen atoms in total. The Kier molecular flexibility index (Phi) is 4.55. The molecule has 0 fully saturated rings. The van der Waals surface area contributed by atoms with Gasteiger partial charge >= 0.3 is 0 Å². The standard InChI is InChI=1S/C32H22/c1-2-6-16-25(15-5-1)32-30-21-26(23-11-7-3-8-12-23)17-19-28(30)29-20-18-27(22-31(29)32)24-13-9-4-10-14-24/h1-22H. The molecule has 0 amide bonds. The molecule has 6 rings (SSSR count). The van der Waals surface area contributed by atoms with E-state index in [2.05, 4.69) is 134 Å². The molecule has 32 heavy (non-hydrogen) atoms. The Labute approximate surface area is 189 Å². The molecule has 0 atom stereocenters. The Hall–Kier alpha value is -4.16. The lowest BCUT2D eigenvalue weighted by Gasteiger charge is -2.10. The quantitative estimate of drug-likeness (QED) is 0.276. The summed E-state index contributed by atoms with van der Waals surface area (Å²) >= 11 is 0. The Balaban J connectivity index is 1.60. The maximum absolute atomic E-state index is 2.36. The summed E-state index contributed by atoms with van der Waals surface area (Å²) in [7, 11) is 0. The Morgan fingerprint density at radius 1 is 0.344 bits per heavy atom. The summed E-state index contributed by atoms with van der Waals surface area (Å²) in [6.45, 7) is 0. The predicted octanol–water partition coefficient (Wildman–Crippen LogP) is 8.49. The van der Waals surface area contributed by atoms with E-state index in [0.29, 0.717) is 0 Å². The van der Waals surface area contributed by atoms with Crippen molar-refractivity contribution in [2.45, 2.75) is 0 Å². The van der Waals surface area contributed by atoms with Crippen molar-refractivity contribution >= 4 is 5.57 Å². The van der Waals surface area contributed by atoms with Gasteiger partial charge in [0.15, 0.2) is 0 Å². The highest BCUT2D eigenvalue weighted by atomic mass is 14.3. The first kappa shape index (κ1) is 18.6. The monoisotopic (exact) mass is 406 g/mol. The van der Waals surface area contributed by atoms with Crippen LogP contribution in [-0.4, -0.2) is 0 Å². The third-order valence-electron chi connectivity index (χ3n) is 6.26. The van der Waals surface area contributed by atoms with Gasteiger partial charge in [0, 0.05) is 0 Å². The van der Waals surface area contributed by atoms with Crippen LogP contribution in [0.5, 0.6) is 0 Å². The van der Waals surface area contributed by atoms with Gasteiger partial charge in [0.05, 0.1) is 0 Å². The lowest BCUT2D eigenvalue weighted by molar-refractivity contribution is 1.58. The fourth-order valence-corrected chi connectivity index (χ4v) is 4.72. The second kappa shape index (κ2) is 7.83. The van der Waals surface area contributed by atoms with Crippen LogP contribution in [0, 0.1) is 0 Å². The van der Waals surface area contributed by atoms with E-state index >= 15 is 0 Å². The number of hydrogen-bond acceptors (Lipinski definition) is 0. The van der Waals surface area contributed by atoms with E-state index in [0.717, 1.165) is 0 Å². The number of allylic oxidation sites excluding steroid dienone is 7. The molecule has 0 N–H and O–H groups in total. The molecule has 0 heterocycles. The van der Waals surface area contributed by atoms with Gasteiger partial charge in [0.25, 0.3) is 0 Å². The van der Waals surface area contributed by atoms with Crippen LogP contribution in [0.2, 0.25) is 0 Å². The molecule has 0 saturated carbocycles. The van der Waals surface area contributed by atoms with Gasteiger partial charge in [-0.3, -0.25) is 0 Å². The highest BCUT2D eigenvalue weighted by Gasteiger charge is 2.26. The largest absolute Gasteiger partial charge is 0.0622 e. The van der Waals surface area contributed by atoms with E-state index < -0.39 is 0 Å². The van der Waals surface area contributed by atoms with E-state index in [1.807, 2.05) is 0 Å². The summed E-state index contributed by atoms with van der Waals surface area (Å²) in [4.78, 5) is 0. The molecule has 0 radical (unpaired) electrons. The molecule has 4 aromatic rings. The van der Waals surface area contributed by atoms with Crippen LogP contribution < -0.4 is 0 Å². The van der Waals surface area contributed by atoms with Crippen LogP contribution >= 0.6 is 0 Å². The molecule has 0 heteroatoms. The average Bonchev–Trinajstić information content (AvgIpc) is 2.99. The van der Waals surface area contributed by atoms with Crippen LogP contribution in [0.25, 0.3) is 39.0 Å². The second-order valence-corrected chi connectivity index (χ2v) is 8.19. The fraction of sp³-hybridized carbons (Fsp3) is 0. The van der Waals surface area contributed by atoms with E-state index in [9.17, 15) is 0 Å². The van der Waals surface area contributed by atoms with Crippen LogP contribution in [0.15, 0.2) is 139 Å². The number of rotatable bonds is 2. The van der Waals surface area contributed by atoms with E-state index in [1.54, 1.807) is 0 Å². The van der Waals surface area contributed by atoms with Crippen molar-refractivity contribution in [2.24, 2.45) is 0 Å². The smallest absolute Gasteiger partial charge is 0.00259 e. The van der Waals surface area contributed by atoms with Gasteiger partial charge in [-0.15, -0.1) is 0 Å². The first-order valence-corrected chi connectivity index (χ1v) is 11.0. The summed E-state index contributed by atoms with van der Waals surface area (Å²) in [6.07, 6.45) is 12.9. The summed E-state index contributed by atoms with van der Waals surface area (Å²) < 4.78 is 0. The topological polar surface area (TPSA) is 0 Å². The van der Waals surface area contributed by atoms with E-state index in [1.165, 1.54) is 55.7 Å². The molecule has 0 aliphatic heterocycles. The fourth-order valence-electron chi connectivity index (χ4n) is 4.72. The first-order chi connectivity index (χ1) is 15.9. The molecule has 0 spiro atoms. The average molecular weight is 407 g/mol. The lowest BCUT2D eigenvalue weighted by atomic mass is 9.93. The summed E-state index contributed by atoms with van der Waals surface area (Å²) in [5, 5.41) is 0. The summed E-state index contributed by atoms with van der Waals surface area (Å²) in [5.41, 5.74) is 12.8. The Bertz CT molecular complexity index is 1320. The zero-order valence-electron chi connectivity index (χ0n) is 17.7. The zero-order chi connectivity index (χ0) is 21.3. The molecule has 0 unspecified atom stereocenters. The number of fused-ring (bicyclic) bond motifs is 3. The van der Waals surface area contributed by atoms with Crippen LogP contribution in [0.1, 0.15) is 11.1 Å². The second-order valence-electron chi connectivity index (χ2n) is 8.19. The number of benzene rings is 4. The minimum atomic E-state index is 1.24. The van der Waals surface area contributed by atoms with Crippen molar-refractivity contribution in [3.8, 4) is 33.4 Å². The molecule has 4 aromatic carbocycles. The molecule has 2 aliphatic carbocycles. The summed E-state index contributed by atoms with van der Waals surface area (Å²) in [6, 6.07) is 35.0. The van der Waals surface area contributed by atoms with Gasteiger partial charge < -0.3 is 0 Å². The first-order valence-electron chi connectivity index (χ1n) is 11.0. The molecule has 150 valence electrons. The molecule has 0 saturated heterocycles. The minimum Gasteiger partial charge on any atom is -0.0622 e. The third kappa shape index (κ3) is 3.18. The van der Waals surface area contributed by atoms with E-state index in [-0.39, 0.29) is 0 Å². The lowest BCUT2D eigenvalue weighted by Crippen LogP contribution is -1.89. The zero-order valence-corrected chi connectivity index (χ0v) is 17.7. The highest BCUT2D eigenvalue weighted by Crippen LogP contribution is 2.48.